The first-order chi connectivity index (χ1) is 6.76. The number of esters is 1. The van der Waals surface area contributed by atoms with E-state index in [0.29, 0.717) is 13.0 Å². The summed E-state index contributed by atoms with van der Waals surface area (Å²) in [5, 5.41) is 8.33. The van der Waals surface area contributed by atoms with E-state index in [-0.39, 0.29) is 0 Å². The van der Waals surface area contributed by atoms with Gasteiger partial charge in [0.2, 0.25) is 6.10 Å². The summed E-state index contributed by atoms with van der Waals surface area (Å²) in [5.74, 6) is -0.440. The molecule has 0 aliphatic rings. The number of carbonyl (C=O) groups excluding carboxylic acids is 1. The van der Waals surface area contributed by atoms with Gasteiger partial charge in [-0.2, -0.15) is 5.26 Å². The van der Waals surface area contributed by atoms with Gasteiger partial charge in [-0.3, -0.25) is 0 Å². The third kappa shape index (κ3) is 5.41. The lowest BCUT2D eigenvalue weighted by molar-refractivity contribution is -0.153. The van der Waals surface area contributed by atoms with Crippen molar-refractivity contribution in [3.05, 3.63) is 0 Å². The fourth-order valence-corrected chi connectivity index (χ4v) is 1.10. The number of hydrogen-bond acceptors (Lipinski definition) is 4. The second-order valence-electron chi connectivity index (χ2n) is 2.95. The molecule has 0 rings (SSSR count). The van der Waals surface area contributed by atoms with Gasteiger partial charge in [-0.25, -0.2) is 4.79 Å². The molecule has 0 aliphatic carbocycles. The van der Waals surface area contributed by atoms with Crippen LogP contribution in [0.2, 0.25) is 0 Å². The number of nitriles is 1. The molecule has 14 heavy (non-hydrogen) atoms. The third-order valence-electron chi connectivity index (χ3n) is 1.81. The fourth-order valence-electron chi connectivity index (χ4n) is 1.10. The smallest absolute Gasteiger partial charge is 0.348 e. The number of nitrogens with zero attached hydrogens (tertiary/aromatic N) is 1. The molecule has 0 aromatic rings. The monoisotopic (exact) mass is 199 g/mol. The molecule has 0 spiro atoms. The molecule has 0 heterocycles. The van der Waals surface area contributed by atoms with Gasteiger partial charge in [-0.1, -0.05) is 19.8 Å². The molecule has 0 aromatic heterocycles. The van der Waals surface area contributed by atoms with Crippen LogP contribution >= 0.6 is 0 Å². The molecule has 0 aliphatic heterocycles. The lowest BCUT2D eigenvalue weighted by Gasteiger charge is -2.11. The molecule has 0 radical (unpaired) electrons. The van der Waals surface area contributed by atoms with Crippen LogP contribution in [-0.4, -0.2) is 18.7 Å². The van der Waals surface area contributed by atoms with Crippen molar-refractivity contribution in [2.45, 2.75) is 45.6 Å². The van der Waals surface area contributed by atoms with Crippen molar-refractivity contribution in [1.29, 1.82) is 5.26 Å². The Bertz CT molecular complexity index is 198. The van der Waals surface area contributed by atoms with E-state index in [1.807, 2.05) is 0 Å². The first-order valence-electron chi connectivity index (χ1n) is 4.97. The van der Waals surface area contributed by atoms with Gasteiger partial charge in [0.15, 0.2) is 0 Å². The zero-order valence-electron chi connectivity index (χ0n) is 8.78. The maximum atomic E-state index is 11.2. The Morgan fingerprint density at radius 3 is 2.64 bits per heavy atom. The van der Waals surface area contributed by atoms with Gasteiger partial charge in [0.1, 0.15) is 0 Å². The minimum atomic E-state index is -0.716. The molecular formula is C10H17NO3. The minimum absolute atomic E-state index is 0.317. The highest BCUT2D eigenvalue weighted by atomic mass is 16.6. The summed E-state index contributed by atoms with van der Waals surface area (Å²) < 4.78 is 9.41. The number of carbonyl (C=O) groups is 1. The Labute approximate surface area is 84.8 Å². The highest BCUT2D eigenvalue weighted by molar-refractivity contribution is 5.74. The molecule has 4 heteroatoms. The highest BCUT2D eigenvalue weighted by Gasteiger charge is 2.20. The van der Waals surface area contributed by atoms with Crippen LogP contribution in [0.15, 0.2) is 0 Å². The summed E-state index contributed by atoms with van der Waals surface area (Å²) in [4.78, 5) is 11.2. The standard InChI is InChI=1S/C10H17NO3/c1-3-5-6-7-9(14-8-11)10(12)13-4-2/h9H,3-7H2,1-2H3. The van der Waals surface area contributed by atoms with Crippen molar-refractivity contribution in [1.82, 2.24) is 0 Å². The highest BCUT2D eigenvalue weighted by Crippen LogP contribution is 2.08. The van der Waals surface area contributed by atoms with E-state index in [2.05, 4.69) is 11.7 Å². The minimum Gasteiger partial charge on any atom is -0.463 e. The summed E-state index contributed by atoms with van der Waals surface area (Å²) >= 11 is 0. The van der Waals surface area contributed by atoms with E-state index in [1.165, 1.54) is 6.26 Å². The van der Waals surface area contributed by atoms with Crippen molar-refractivity contribution >= 4 is 5.97 Å². The van der Waals surface area contributed by atoms with E-state index in [9.17, 15) is 4.79 Å². The molecule has 80 valence electrons. The SMILES string of the molecule is CCCCCC(OC#N)C(=O)OCC. The number of rotatable bonds is 7. The Morgan fingerprint density at radius 2 is 2.14 bits per heavy atom. The Morgan fingerprint density at radius 1 is 1.43 bits per heavy atom. The Balaban J connectivity index is 3.88. The van der Waals surface area contributed by atoms with Crippen molar-refractivity contribution in [3.63, 3.8) is 0 Å². The van der Waals surface area contributed by atoms with E-state index in [4.69, 9.17) is 10.00 Å². The number of ether oxygens (including phenoxy) is 2. The molecule has 0 aromatic carbocycles. The van der Waals surface area contributed by atoms with Crippen LogP contribution in [0.3, 0.4) is 0 Å². The van der Waals surface area contributed by atoms with Crippen LogP contribution < -0.4 is 0 Å². The fraction of sp³-hybridized carbons (Fsp3) is 0.800. The van der Waals surface area contributed by atoms with Gasteiger partial charge in [-0.05, 0) is 19.8 Å². The molecule has 0 N–H and O–H groups in total. The largest absolute Gasteiger partial charge is 0.463 e. The average Bonchev–Trinajstić information content (AvgIpc) is 2.17. The predicted molar refractivity (Wildman–Crippen MR) is 51.3 cm³/mol. The van der Waals surface area contributed by atoms with E-state index >= 15 is 0 Å². The third-order valence-corrected chi connectivity index (χ3v) is 1.81. The van der Waals surface area contributed by atoms with E-state index < -0.39 is 12.1 Å². The van der Waals surface area contributed by atoms with Crippen LogP contribution in [0, 0.1) is 11.5 Å². The maximum Gasteiger partial charge on any atom is 0.348 e. The summed E-state index contributed by atoms with van der Waals surface area (Å²) in [6, 6.07) is 0. The lowest BCUT2D eigenvalue weighted by atomic mass is 10.1. The van der Waals surface area contributed by atoms with Crippen molar-refractivity contribution in [2.24, 2.45) is 0 Å². The van der Waals surface area contributed by atoms with Crippen molar-refractivity contribution in [2.75, 3.05) is 6.61 Å². The van der Waals surface area contributed by atoms with Gasteiger partial charge < -0.3 is 9.47 Å². The number of hydrogen-bond donors (Lipinski definition) is 0. The van der Waals surface area contributed by atoms with Crippen LogP contribution in [-0.2, 0) is 14.3 Å². The molecule has 0 saturated heterocycles. The van der Waals surface area contributed by atoms with Gasteiger partial charge in [0, 0.05) is 0 Å². The van der Waals surface area contributed by atoms with E-state index in [1.54, 1.807) is 6.92 Å². The molecule has 0 fully saturated rings. The zero-order valence-corrected chi connectivity index (χ0v) is 8.78. The van der Waals surface area contributed by atoms with E-state index in [0.717, 1.165) is 19.3 Å². The maximum absolute atomic E-state index is 11.2. The first kappa shape index (κ1) is 12.8. The molecule has 0 bridgehead atoms. The quantitative estimate of drug-likeness (QED) is 0.357. The summed E-state index contributed by atoms with van der Waals surface area (Å²) in [6.07, 6.45) is 4.35. The van der Waals surface area contributed by atoms with Crippen LogP contribution in [0.4, 0.5) is 0 Å². The Kier molecular flexibility index (Phi) is 7.62. The van der Waals surface area contributed by atoms with Gasteiger partial charge in [0.25, 0.3) is 6.26 Å². The van der Waals surface area contributed by atoms with Gasteiger partial charge >= 0.3 is 5.97 Å². The summed E-state index contributed by atoms with van der Waals surface area (Å²) in [7, 11) is 0. The summed E-state index contributed by atoms with van der Waals surface area (Å²) in [6.45, 7) is 4.12. The molecular weight excluding hydrogens is 182 g/mol. The Hall–Kier alpha value is -1.24. The van der Waals surface area contributed by atoms with Gasteiger partial charge in [0.05, 0.1) is 6.61 Å². The van der Waals surface area contributed by atoms with Crippen LogP contribution in [0.25, 0.3) is 0 Å². The van der Waals surface area contributed by atoms with Crippen LogP contribution in [0.1, 0.15) is 39.5 Å². The molecule has 1 unspecified atom stereocenters. The molecule has 0 saturated carbocycles. The second-order valence-corrected chi connectivity index (χ2v) is 2.95. The molecule has 0 amide bonds. The number of unbranched alkanes of at least 4 members (excludes halogenated alkanes) is 2. The van der Waals surface area contributed by atoms with Crippen LogP contribution in [0.5, 0.6) is 0 Å². The zero-order chi connectivity index (χ0) is 10.8. The normalized spacial score (nSPS) is 11.5. The lowest BCUT2D eigenvalue weighted by Crippen LogP contribution is -2.25. The topological polar surface area (TPSA) is 59.3 Å². The average molecular weight is 199 g/mol. The van der Waals surface area contributed by atoms with Crippen molar-refractivity contribution in [3.8, 4) is 6.26 Å². The molecule has 4 nitrogen and oxygen atoms in total. The van der Waals surface area contributed by atoms with Gasteiger partial charge in [-0.15, -0.1) is 0 Å². The first-order valence-corrected chi connectivity index (χ1v) is 4.97. The second kappa shape index (κ2) is 8.36. The molecule has 1 atom stereocenters. The predicted octanol–water partition coefficient (Wildman–Crippen LogP) is 2.00. The van der Waals surface area contributed by atoms with Crippen molar-refractivity contribution < 1.29 is 14.3 Å². The summed E-state index contributed by atoms with van der Waals surface area (Å²) in [5.41, 5.74) is 0.